The van der Waals surface area contributed by atoms with Crippen LogP contribution in [0.15, 0.2) is 36.4 Å². The molecular weight excluding hydrogens is 338 g/mol. The molecule has 6 heteroatoms. The molecule has 144 valence electrons. The molecule has 1 atom stereocenters. The largest absolute Gasteiger partial charge is 0.373 e. The maximum atomic E-state index is 11.6. The molecule has 1 fully saturated rings. The van der Waals surface area contributed by atoms with E-state index in [0.29, 0.717) is 18.3 Å². The number of hydrogen-bond acceptors (Lipinski definition) is 5. The van der Waals surface area contributed by atoms with E-state index >= 15 is 0 Å². The van der Waals surface area contributed by atoms with Crippen molar-refractivity contribution in [1.82, 2.24) is 19.8 Å². The number of hydrogen-bond donors (Lipinski definition) is 1. The molecule has 1 aromatic heterocycles. The minimum absolute atomic E-state index is 0.0155. The van der Waals surface area contributed by atoms with Gasteiger partial charge in [-0.25, -0.2) is 9.97 Å². The van der Waals surface area contributed by atoms with E-state index in [4.69, 9.17) is 4.98 Å². The molecule has 0 spiro atoms. The van der Waals surface area contributed by atoms with Crippen LogP contribution in [0, 0.1) is 0 Å². The molecule has 1 amide bonds. The van der Waals surface area contributed by atoms with E-state index in [0.717, 1.165) is 37.6 Å². The first-order valence-corrected chi connectivity index (χ1v) is 9.58. The van der Waals surface area contributed by atoms with Crippen molar-refractivity contribution >= 4 is 11.7 Å². The molecule has 1 aromatic carbocycles. The Balaban J connectivity index is 1.74. The highest BCUT2D eigenvalue weighted by atomic mass is 16.2. The number of carbonyl (C=O) groups is 1. The molecule has 0 aliphatic carbocycles. The van der Waals surface area contributed by atoms with Crippen molar-refractivity contribution in [3.8, 4) is 0 Å². The number of likely N-dealkylation sites (tertiary alicyclic amines) is 1. The minimum atomic E-state index is 0.0155. The minimum Gasteiger partial charge on any atom is -0.373 e. The standard InChI is InChI=1S/C21H29N5O/c1-16(27)25(3)15-21-23-19(12-20(22-2)24-21)18-10-7-11-26(14-18)13-17-8-5-4-6-9-17/h4-6,8-9,12,18H,7,10-11,13-15H2,1-3H3,(H,22,23,24). The molecule has 3 rings (SSSR count). The Kier molecular flexibility index (Phi) is 6.40. The molecule has 0 saturated carbocycles. The first kappa shape index (κ1) is 19.3. The van der Waals surface area contributed by atoms with Gasteiger partial charge < -0.3 is 10.2 Å². The van der Waals surface area contributed by atoms with E-state index in [1.165, 1.54) is 12.0 Å². The smallest absolute Gasteiger partial charge is 0.219 e. The first-order chi connectivity index (χ1) is 13.0. The van der Waals surface area contributed by atoms with Gasteiger partial charge in [-0.3, -0.25) is 9.69 Å². The van der Waals surface area contributed by atoms with Crippen LogP contribution in [0.3, 0.4) is 0 Å². The van der Waals surface area contributed by atoms with Crippen LogP contribution in [-0.2, 0) is 17.9 Å². The van der Waals surface area contributed by atoms with Crippen molar-refractivity contribution in [2.75, 3.05) is 32.5 Å². The Morgan fingerprint density at radius 1 is 1.30 bits per heavy atom. The lowest BCUT2D eigenvalue weighted by Crippen LogP contribution is -2.34. The van der Waals surface area contributed by atoms with E-state index in [-0.39, 0.29) is 5.91 Å². The van der Waals surface area contributed by atoms with Crippen LogP contribution >= 0.6 is 0 Å². The van der Waals surface area contributed by atoms with Crippen molar-refractivity contribution < 1.29 is 4.79 Å². The van der Waals surface area contributed by atoms with Crippen molar-refractivity contribution in [2.45, 2.75) is 38.8 Å². The average Bonchev–Trinajstić information content (AvgIpc) is 2.68. The summed E-state index contributed by atoms with van der Waals surface area (Å²) in [6.45, 7) is 5.08. The van der Waals surface area contributed by atoms with Crippen LogP contribution in [0.4, 0.5) is 5.82 Å². The van der Waals surface area contributed by atoms with Gasteiger partial charge in [0, 0.05) is 46.1 Å². The summed E-state index contributed by atoms with van der Waals surface area (Å²) in [6.07, 6.45) is 2.30. The summed E-state index contributed by atoms with van der Waals surface area (Å²) >= 11 is 0. The van der Waals surface area contributed by atoms with Gasteiger partial charge in [0.25, 0.3) is 0 Å². The molecule has 2 aromatic rings. The molecule has 0 bridgehead atoms. The van der Waals surface area contributed by atoms with Crippen LogP contribution in [0.2, 0.25) is 0 Å². The van der Waals surface area contributed by atoms with E-state index in [9.17, 15) is 4.79 Å². The second kappa shape index (κ2) is 8.95. The molecule has 0 radical (unpaired) electrons. The molecule has 6 nitrogen and oxygen atoms in total. The highest BCUT2D eigenvalue weighted by Crippen LogP contribution is 2.28. The molecule has 1 aliphatic rings. The Morgan fingerprint density at radius 2 is 2.07 bits per heavy atom. The Labute approximate surface area is 161 Å². The van der Waals surface area contributed by atoms with Crippen LogP contribution in [0.25, 0.3) is 0 Å². The summed E-state index contributed by atoms with van der Waals surface area (Å²) in [5.74, 6) is 1.91. The number of aromatic nitrogens is 2. The molecule has 2 heterocycles. The van der Waals surface area contributed by atoms with Gasteiger partial charge >= 0.3 is 0 Å². The number of nitrogens with one attached hydrogen (secondary N) is 1. The van der Waals surface area contributed by atoms with Crippen molar-refractivity contribution in [3.05, 3.63) is 53.5 Å². The third-order valence-electron chi connectivity index (χ3n) is 5.14. The average molecular weight is 367 g/mol. The number of rotatable bonds is 6. The maximum absolute atomic E-state index is 11.6. The number of nitrogens with zero attached hydrogens (tertiary/aromatic N) is 4. The molecule has 1 aliphatic heterocycles. The number of piperidine rings is 1. The number of carbonyl (C=O) groups excluding carboxylic acids is 1. The van der Waals surface area contributed by atoms with E-state index in [2.05, 4.69) is 45.5 Å². The predicted octanol–water partition coefficient (Wildman–Crippen LogP) is 2.88. The second-order valence-electron chi connectivity index (χ2n) is 7.28. The van der Waals surface area contributed by atoms with Gasteiger partial charge in [0.1, 0.15) is 11.6 Å². The van der Waals surface area contributed by atoms with Crippen molar-refractivity contribution in [3.63, 3.8) is 0 Å². The molecule has 1 N–H and O–H groups in total. The Morgan fingerprint density at radius 3 is 2.78 bits per heavy atom. The molecule has 1 saturated heterocycles. The van der Waals surface area contributed by atoms with Gasteiger partial charge in [0.15, 0.2) is 0 Å². The zero-order chi connectivity index (χ0) is 19.2. The number of benzene rings is 1. The highest BCUT2D eigenvalue weighted by Gasteiger charge is 2.23. The lowest BCUT2D eigenvalue weighted by molar-refractivity contribution is -0.128. The fraction of sp³-hybridized carbons (Fsp3) is 0.476. The third kappa shape index (κ3) is 5.26. The van der Waals surface area contributed by atoms with Gasteiger partial charge in [-0.05, 0) is 24.9 Å². The monoisotopic (exact) mass is 367 g/mol. The summed E-state index contributed by atoms with van der Waals surface area (Å²) in [5.41, 5.74) is 2.42. The Bertz CT molecular complexity index is 764. The van der Waals surface area contributed by atoms with Crippen LogP contribution in [0.1, 0.15) is 42.8 Å². The molecular formula is C21H29N5O. The summed E-state index contributed by atoms with van der Waals surface area (Å²) in [5, 5.41) is 3.13. The molecule has 27 heavy (non-hydrogen) atoms. The van der Waals surface area contributed by atoms with Crippen LogP contribution in [-0.4, -0.2) is 52.9 Å². The first-order valence-electron chi connectivity index (χ1n) is 9.58. The lowest BCUT2D eigenvalue weighted by atomic mass is 9.94. The number of anilines is 1. The zero-order valence-corrected chi connectivity index (χ0v) is 16.5. The Hall–Kier alpha value is -2.47. The van der Waals surface area contributed by atoms with E-state index in [1.54, 1.807) is 18.9 Å². The van der Waals surface area contributed by atoms with Crippen molar-refractivity contribution in [2.24, 2.45) is 0 Å². The van der Waals surface area contributed by atoms with Gasteiger partial charge in [0.05, 0.1) is 12.2 Å². The summed E-state index contributed by atoms with van der Waals surface area (Å²) < 4.78 is 0. The normalized spacial score (nSPS) is 17.5. The quantitative estimate of drug-likeness (QED) is 0.851. The number of amides is 1. The lowest BCUT2D eigenvalue weighted by Gasteiger charge is -2.32. The summed E-state index contributed by atoms with van der Waals surface area (Å²) in [6, 6.07) is 12.7. The topological polar surface area (TPSA) is 61.4 Å². The van der Waals surface area contributed by atoms with Crippen LogP contribution < -0.4 is 5.32 Å². The highest BCUT2D eigenvalue weighted by molar-refractivity contribution is 5.72. The van der Waals surface area contributed by atoms with Crippen molar-refractivity contribution in [1.29, 1.82) is 0 Å². The zero-order valence-electron chi connectivity index (χ0n) is 16.5. The van der Waals surface area contributed by atoms with Gasteiger partial charge in [0.2, 0.25) is 5.91 Å². The van der Waals surface area contributed by atoms with Gasteiger partial charge in [-0.15, -0.1) is 0 Å². The fourth-order valence-electron chi connectivity index (χ4n) is 3.53. The third-order valence-corrected chi connectivity index (χ3v) is 5.14. The fourth-order valence-corrected chi connectivity index (χ4v) is 3.53. The van der Waals surface area contributed by atoms with E-state index in [1.807, 2.05) is 13.1 Å². The second-order valence-corrected chi connectivity index (χ2v) is 7.28. The predicted molar refractivity (Wildman–Crippen MR) is 107 cm³/mol. The van der Waals surface area contributed by atoms with Gasteiger partial charge in [-0.1, -0.05) is 30.3 Å². The SMILES string of the molecule is CNc1cc(C2CCCN(Cc3ccccc3)C2)nc(CN(C)C(C)=O)n1. The summed E-state index contributed by atoms with van der Waals surface area (Å²) in [4.78, 5) is 25.0. The van der Waals surface area contributed by atoms with Gasteiger partial charge in [-0.2, -0.15) is 0 Å². The maximum Gasteiger partial charge on any atom is 0.219 e. The molecule has 1 unspecified atom stereocenters. The summed E-state index contributed by atoms with van der Waals surface area (Å²) in [7, 11) is 3.65. The van der Waals surface area contributed by atoms with E-state index < -0.39 is 0 Å². The van der Waals surface area contributed by atoms with Crippen LogP contribution in [0.5, 0.6) is 0 Å².